The molecule has 0 unspecified atom stereocenters. The first kappa shape index (κ1) is 18.1. The van der Waals surface area contributed by atoms with Crippen molar-refractivity contribution >= 4 is 34.6 Å². The Morgan fingerprint density at radius 1 is 1.14 bits per heavy atom. The van der Waals surface area contributed by atoms with E-state index in [0.29, 0.717) is 39.9 Å². The van der Waals surface area contributed by atoms with Crippen molar-refractivity contribution in [2.75, 3.05) is 7.11 Å². The highest BCUT2D eigenvalue weighted by Gasteiger charge is 2.08. The van der Waals surface area contributed by atoms with Crippen molar-refractivity contribution in [1.82, 2.24) is 4.98 Å². The number of benzene rings is 3. The van der Waals surface area contributed by atoms with Crippen LogP contribution in [0.4, 0.5) is 5.69 Å². The smallest absolute Gasteiger partial charge is 0.199 e. The van der Waals surface area contributed by atoms with Gasteiger partial charge in [0.25, 0.3) is 0 Å². The maximum absolute atomic E-state index is 10.1. The second-order valence-corrected chi connectivity index (χ2v) is 6.66. The number of aliphatic imine (C=N–C) groups is 1. The van der Waals surface area contributed by atoms with E-state index >= 15 is 0 Å². The van der Waals surface area contributed by atoms with Crippen molar-refractivity contribution in [2.45, 2.75) is 6.42 Å². The maximum atomic E-state index is 10.1. The summed E-state index contributed by atoms with van der Waals surface area (Å²) in [5.41, 5.74) is 3.78. The van der Waals surface area contributed by atoms with Crippen LogP contribution in [0.15, 0.2) is 70.1 Å². The molecule has 0 atom stereocenters. The van der Waals surface area contributed by atoms with E-state index in [1.54, 1.807) is 24.4 Å². The molecule has 0 radical (unpaired) electrons. The van der Waals surface area contributed by atoms with Gasteiger partial charge in [-0.1, -0.05) is 29.8 Å². The normalized spacial score (nSPS) is 11.4. The largest absolute Gasteiger partial charge is 0.504 e. The Balaban J connectivity index is 1.57. The van der Waals surface area contributed by atoms with Crippen LogP contribution in [0.3, 0.4) is 0 Å². The molecule has 3 aromatic carbocycles. The number of aromatic hydroxyl groups is 1. The van der Waals surface area contributed by atoms with Gasteiger partial charge in [0.15, 0.2) is 23.0 Å². The van der Waals surface area contributed by atoms with Crippen LogP contribution in [-0.2, 0) is 6.42 Å². The minimum atomic E-state index is 0.0570. The van der Waals surface area contributed by atoms with Crippen molar-refractivity contribution in [1.29, 1.82) is 0 Å². The van der Waals surface area contributed by atoms with Gasteiger partial charge in [-0.3, -0.25) is 4.99 Å². The number of methoxy groups -OCH3 is 1. The molecular weight excluding hydrogens is 376 g/mol. The van der Waals surface area contributed by atoms with E-state index in [1.807, 2.05) is 42.5 Å². The lowest BCUT2D eigenvalue weighted by molar-refractivity contribution is 0.373. The summed E-state index contributed by atoms with van der Waals surface area (Å²) in [6, 6.07) is 18.4. The molecule has 28 heavy (non-hydrogen) atoms. The summed E-state index contributed by atoms with van der Waals surface area (Å²) in [6.45, 7) is 0. The van der Waals surface area contributed by atoms with Crippen molar-refractivity contribution in [3.63, 3.8) is 0 Å². The van der Waals surface area contributed by atoms with E-state index in [4.69, 9.17) is 20.8 Å². The van der Waals surface area contributed by atoms with E-state index in [2.05, 4.69) is 9.98 Å². The van der Waals surface area contributed by atoms with Gasteiger partial charge in [0.1, 0.15) is 5.52 Å². The molecule has 4 rings (SSSR count). The minimum absolute atomic E-state index is 0.0570. The summed E-state index contributed by atoms with van der Waals surface area (Å²) in [5.74, 6) is 1.09. The molecule has 5 nitrogen and oxygen atoms in total. The number of ether oxygens (including phenoxy) is 1. The SMILES string of the molecule is COc1cccc(C=Nc2ccc3oc(Cc4ccc(Cl)cc4)nc3c2)c1O. The molecule has 6 heteroatoms. The minimum Gasteiger partial charge on any atom is -0.504 e. The van der Waals surface area contributed by atoms with Gasteiger partial charge in [0.2, 0.25) is 0 Å². The van der Waals surface area contributed by atoms with Crippen LogP contribution in [0.2, 0.25) is 5.02 Å². The second kappa shape index (κ2) is 7.74. The number of nitrogens with zero attached hydrogens (tertiary/aromatic N) is 2. The Hall–Kier alpha value is -3.31. The molecule has 140 valence electrons. The van der Waals surface area contributed by atoms with E-state index in [0.717, 1.165) is 11.1 Å². The molecule has 0 spiro atoms. The van der Waals surface area contributed by atoms with Crippen LogP contribution < -0.4 is 4.74 Å². The van der Waals surface area contributed by atoms with Crippen LogP contribution in [0.1, 0.15) is 17.0 Å². The predicted molar refractivity (Wildman–Crippen MR) is 110 cm³/mol. The third kappa shape index (κ3) is 3.85. The first-order valence-electron chi connectivity index (χ1n) is 8.66. The lowest BCUT2D eigenvalue weighted by Gasteiger charge is -2.04. The van der Waals surface area contributed by atoms with Crippen molar-refractivity contribution in [2.24, 2.45) is 4.99 Å². The molecule has 1 N–H and O–H groups in total. The summed E-state index contributed by atoms with van der Waals surface area (Å²) in [4.78, 5) is 8.98. The van der Waals surface area contributed by atoms with Crippen LogP contribution >= 0.6 is 11.6 Å². The number of para-hydroxylation sites is 1. The number of rotatable bonds is 5. The molecule has 1 aromatic heterocycles. The number of phenols is 1. The summed E-state index contributed by atoms with van der Waals surface area (Å²) in [6.07, 6.45) is 2.18. The number of phenolic OH excluding ortho intramolecular Hbond substituents is 1. The van der Waals surface area contributed by atoms with E-state index in [1.165, 1.54) is 7.11 Å². The Morgan fingerprint density at radius 3 is 2.75 bits per heavy atom. The topological polar surface area (TPSA) is 67.9 Å². The van der Waals surface area contributed by atoms with Gasteiger partial charge < -0.3 is 14.3 Å². The molecule has 0 fully saturated rings. The average Bonchev–Trinajstić information content (AvgIpc) is 3.10. The average molecular weight is 393 g/mol. The first-order chi connectivity index (χ1) is 13.6. The van der Waals surface area contributed by atoms with Gasteiger partial charge >= 0.3 is 0 Å². The zero-order valence-corrected chi connectivity index (χ0v) is 15.8. The summed E-state index contributed by atoms with van der Waals surface area (Å²) < 4.78 is 10.9. The highest BCUT2D eigenvalue weighted by Crippen LogP contribution is 2.29. The van der Waals surface area contributed by atoms with Gasteiger partial charge in [0.05, 0.1) is 12.8 Å². The fraction of sp³-hybridized carbons (Fsp3) is 0.0909. The van der Waals surface area contributed by atoms with E-state index in [-0.39, 0.29) is 5.75 Å². The fourth-order valence-electron chi connectivity index (χ4n) is 2.85. The highest BCUT2D eigenvalue weighted by atomic mass is 35.5. The molecule has 0 saturated heterocycles. The first-order valence-corrected chi connectivity index (χ1v) is 9.04. The number of halogens is 1. The zero-order valence-electron chi connectivity index (χ0n) is 15.1. The molecule has 0 saturated carbocycles. The van der Waals surface area contributed by atoms with Gasteiger partial charge in [0, 0.05) is 23.2 Å². The van der Waals surface area contributed by atoms with Crippen LogP contribution in [0.25, 0.3) is 11.1 Å². The third-order valence-electron chi connectivity index (χ3n) is 4.29. The van der Waals surface area contributed by atoms with Crippen LogP contribution in [0.5, 0.6) is 11.5 Å². The number of fused-ring (bicyclic) bond motifs is 1. The Labute approximate surface area is 166 Å². The van der Waals surface area contributed by atoms with Gasteiger partial charge in [-0.15, -0.1) is 0 Å². The second-order valence-electron chi connectivity index (χ2n) is 6.22. The zero-order chi connectivity index (χ0) is 19.5. The fourth-order valence-corrected chi connectivity index (χ4v) is 2.97. The Bertz CT molecular complexity index is 1150. The monoisotopic (exact) mass is 392 g/mol. The van der Waals surface area contributed by atoms with Gasteiger partial charge in [-0.2, -0.15) is 0 Å². The van der Waals surface area contributed by atoms with Crippen molar-refractivity contribution in [3.8, 4) is 11.5 Å². The van der Waals surface area contributed by atoms with Gasteiger partial charge in [-0.05, 0) is 48.0 Å². The quantitative estimate of drug-likeness (QED) is 0.453. The van der Waals surface area contributed by atoms with E-state index < -0.39 is 0 Å². The molecular formula is C22H17ClN2O3. The van der Waals surface area contributed by atoms with E-state index in [9.17, 15) is 5.11 Å². The summed E-state index contributed by atoms with van der Waals surface area (Å²) >= 11 is 5.92. The van der Waals surface area contributed by atoms with Gasteiger partial charge in [-0.25, -0.2) is 4.98 Å². The molecule has 1 heterocycles. The van der Waals surface area contributed by atoms with Crippen LogP contribution in [-0.4, -0.2) is 23.4 Å². The molecule has 0 aliphatic rings. The lowest BCUT2D eigenvalue weighted by Crippen LogP contribution is -1.88. The summed E-state index contributed by atoms with van der Waals surface area (Å²) in [5, 5.41) is 10.8. The molecule has 0 aliphatic heterocycles. The predicted octanol–water partition coefficient (Wildman–Crippen LogP) is 5.54. The summed E-state index contributed by atoms with van der Waals surface area (Å²) in [7, 11) is 1.51. The van der Waals surface area contributed by atoms with Crippen molar-refractivity contribution < 1.29 is 14.3 Å². The number of aromatic nitrogens is 1. The number of oxazole rings is 1. The number of hydrogen-bond donors (Lipinski definition) is 1. The lowest BCUT2D eigenvalue weighted by atomic mass is 10.1. The number of hydrogen-bond acceptors (Lipinski definition) is 5. The molecule has 0 amide bonds. The maximum Gasteiger partial charge on any atom is 0.199 e. The Kier molecular flexibility index (Phi) is 5.00. The standard InChI is InChI=1S/C22H17ClN2O3/c1-27-20-4-2-3-15(22(20)26)13-24-17-9-10-19-18(12-17)25-21(28-19)11-14-5-7-16(23)8-6-14/h2-10,12-13,26H,11H2,1H3. The highest BCUT2D eigenvalue weighted by molar-refractivity contribution is 6.30. The van der Waals surface area contributed by atoms with Crippen molar-refractivity contribution in [3.05, 3.63) is 82.7 Å². The molecule has 4 aromatic rings. The van der Waals surface area contributed by atoms with Crippen LogP contribution in [0, 0.1) is 0 Å². The Morgan fingerprint density at radius 2 is 1.96 bits per heavy atom. The molecule has 0 bridgehead atoms. The third-order valence-corrected chi connectivity index (χ3v) is 4.54. The molecule has 0 aliphatic carbocycles.